The number of rotatable bonds is 6. The second kappa shape index (κ2) is 8.29. The molecular formula is C18H26FN5S. The smallest absolute Gasteiger partial charge is 0.191 e. The van der Waals surface area contributed by atoms with E-state index in [-0.39, 0.29) is 11.2 Å². The molecule has 0 aliphatic heterocycles. The van der Waals surface area contributed by atoms with Crippen molar-refractivity contribution in [3.05, 3.63) is 46.7 Å². The number of aliphatic imine (C=N–C) groups is 1. The maximum absolute atomic E-state index is 13.5. The van der Waals surface area contributed by atoms with Crippen molar-refractivity contribution in [3.8, 4) is 0 Å². The first-order valence-electron chi connectivity index (χ1n) is 8.14. The summed E-state index contributed by atoms with van der Waals surface area (Å²) in [6, 6.07) is 6.72. The van der Waals surface area contributed by atoms with Gasteiger partial charge < -0.3 is 15.5 Å². The molecular weight excluding hydrogens is 337 g/mol. The SMILES string of the molecule is CN=C(NCc1csc(N(C)C)n1)NCC(C)(C)c1cccc(F)c1. The number of halogens is 1. The minimum atomic E-state index is -0.224. The van der Waals surface area contributed by atoms with Crippen molar-refractivity contribution < 1.29 is 4.39 Å². The molecule has 0 spiro atoms. The Balaban J connectivity index is 1.91. The van der Waals surface area contributed by atoms with Gasteiger partial charge in [0.15, 0.2) is 11.1 Å². The summed E-state index contributed by atoms with van der Waals surface area (Å²) in [5, 5.41) is 9.59. The molecule has 2 aromatic rings. The van der Waals surface area contributed by atoms with E-state index < -0.39 is 0 Å². The molecule has 2 rings (SSSR count). The van der Waals surface area contributed by atoms with Crippen LogP contribution >= 0.6 is 11.3 Å². The van der Waals surface area contributed by atoms with Crippen molar-refractivity contribution in [1.82, 2.24) is 15.6 Å². The highest BCUT2D eigenvalue weighted by Crippen LogP contribution is 2.22. The number of aromatic nitrogens is 1. The number of anilines is 1. The minimum absolute atomic E-state index is 0.215. The Morgan fingerprint density at radius 1 is 1.32 bits per heavy atom. The molecule has 1 aromatic carbocycles. The molecule has 0 bridgehead atoms. The van der Waals surface area contributed by atoms with Crippen molar-refractivity contribution in [1.29, 1.82) is 0 Å². The molecule has 1 aromatic heterocycles. The first-order valence-corrected chi connectivity index (χ1v) is 9.02. The topological polar surface area (TPSA) is 52.6 Å². The second-order valence-corrected chi connectivity index (χ2v) is 7.53. The normalized spacial score (nSPS) is 12.2. The van der Waals surface area contributed by atoms with E-state index >= 15 is 0 Å². The Kier molecular flexibility index (Phi) is 6.36. The summed E-state index contributed by atoms with van der Waals surface area (Å²) in [4.78, 5) is 10.8. The number of guanidine groups is 1. The molecule has 7 heteroatoms. The van der Waals surface area contributed by atoms with Gasteiger partial charge in [0.2, 0.25) is 0 Å². The Morgan fingerprint density at radius 2 is 2.08 bits per heavy atom. The number of benzene rings is 1. The average Bonchev–Trinajstić information content (AvgIpc) is 3.04. The van der Waals surface area contributed by atoms with Gasteiger partial charge in [-0.3, -0.25) is 4.99 Å². The van der Waals surface area contributed by atoms with Crippen molar-refractivity contribution in [2.75, 3.05) is 32.6 Å². The van der Waals surface area contributed by atoms with Gasteiger partial charge in [0.25, 0.3) is 0 Å². The van der Waals surface area contributed by atoms with Crippen LogP contribution in [0.15, 0.2) is 34.6 Å². The summed E-state index contributed by atoms with van der Waals surface area (Å²) in [7, 11) is 5.69. The van der Waals surface area contributed by atoms with Crippen molar-refractivity contribution in [3.63, 3.8) is 0 Å². The van der Waals surface area contributed by atoms with Crippen LogP contribution in [0.25, 0.3) is 0 Å². The molecule has 0 atom stereocenters. The van der Waals surface area contributed by atoms with Gasteiger partial charge >= 0.3 is 0 Å². The number of hydrogen-bond donors (Lipinski definition) is 2. The summed E-state index contributed by atoms with van der Waals surface area (Å²) in [6.07, 6.45) is 0. The van der Waals surface area contributed by atoms with E-state index in [0.29, 0.717) is 19.0 Å². The van der Waals surface area contributed by atoms with Crippen LogP contribution in [-0.2, 0) is 12.0 Å². The van der Waals surface area contributed by atoms with E-state index in [1.807, 2.05) is 30.4 Å². The van der Waals surface area contributed by atoms with Gasteiger partial charge in [0.05, 0.1) is 12.2 Å². The Labute approximate surface area is 153 Å². The first kappa shape index (κ1) is 19.2. The molecule has 0 unspecified atom stereocenters. The van der Waals surface area contributed by atoms with E-state index in [1.54, 1.807) is 30.5 Å². The molecule has 1 heterocycles. The molecule has 0 radical (unpaired) electrons. The fourth-order valence-electron chi connectivity index (χ4n) is 2.29. The van der Waals surface area contributed by atoms with Crippen molar-refractivity contribution in [2.24, 2.45) is 4.99 Å². The second-order valence-electron chi connectivity index (χ2n) is 6.69. The number of nitrogens with zero attached hydrogens (tertiary/aromatic N) is 3. The number of nitrogens with one attached hydrogen (secondary N) is 2. The van der Waals surface area contributed by atoms with Crippen LogP contribution in [0.3, 0.4) is 0 Å². The lowest BCUT2D eigenvalue weighted by Crippen LogP contribution is -2.43. The lowest BCUT2D eigenvalue weighted by Gasteiger charge is -2.26. The summed E-state index contributed by atoms with van der Waals surface area (Å²) in [5.74, 6) is 0.484. The van der Waals surface area contributed by atoms with Crippen LogP contribution in [0.4, 0.5) is 9.52 Å². The molecule has 0 fully saturated rings. The Bertz CT molecular complexity index is 724. The zero-order valence-corrected chi connectivity index (χ0v) is 16.2. The lowest BCUT2D eigenvalue weighted by molar-refractivity contribution is 0.503. The summed E-state index contributed by atoms with van der Waals surface area (Å²) in [5.41, 5.74) is 1.70. The predicted octanol–water partition coefficient (Wildman–Crippen LogP) is 2.99. The maximum atomic E-state index is 13.5. The first-order chi connectivity index (χ1) is 11.8. The van der Waals surface area contributed by atoms with Gasteiger partial charge in [0.1, 0.15) is 5.82 Å². The van der Waals surface area contributed by atoms with Gasteiger partial charge in [-0.25, -0.2) is 9.37 Å². The molecule has 2 N–H and O–H groups in total. The standard InChI is InChI=1S/C18H26FN5S/c1-18(2,13-7-6-8-14(19)9-13)12-22-16(20-3)21-10-15-11-25-17(23-15)24(4)5/h6-9,11H,10,12H2,1-5H3,(H2,20,21,22). The highest BCUT2D eigenvalue weighted by atomic mass is 32.1. The lowest BCUT2D eigenvalue weighted by atomic mass is 9.84. The molecule has 5 nitrogen and oxygen atoms in total. The molecule has 0 saturated heterocycles. The number of thiazole rings is 1. The van der Waals surface area contributed by atoms with E-state index in [0.717, 1.165) is 16.4 Å². The van der Waals surface area contributed by atoms with E-state index in [2.05, 4.69) is 34.5 Å². The Hall–Kier alpha value is -2.15. The summed E-state index contributed by atoms with van der Waals surface area (Å²) in [6.45, 7) is 5.39. The van der Waals surface area contributed by atoms with E-state index in [1.165, 1.54) is 6.07 Å². The van der Waals surface area contributed by atoms with Crippen LogP contribution in [0, 0.1) is 5.82 Å². The van der Waals surface area contributed by atoms with Gasteiger partial charge in [-0.05, 0) is 17.7 Å². The van der Waals surface area contributed by atoms with Crippen LogP contribution in [0.2, 0.25) is 0 Å². The van der Waals surface area contributed by atoms with Gasteiger partial charge in [-0.2, -0.15) is 0 Å². The van der Waals surface area contributed by atoms with Gasteiger partial charge in [0, 0.05) is 38.5 Å². The molecule has 0 saturated carbocycles. The van der Waals surface area contributed by atoms with Crippen LogP contribution in [0.5, 0.6) is 0 Å². The van der Waals surface area contributed by atoms with Crippen molar-refractivity contribution in [2.45, 2.75) is 25.8 Å². The van der Waals surface area contributed by atoms with Gasteiger partial charge in [-0.15, -0.1) is 11.3 Å². The third-order valence-corrected chi connectivity index (χ3v) is 4.94. The minimum Gasteiger partial charge on any atom is -0.356 e. The summed E-state index contributed by atoms with van der Waals surface area (Å²) >= 11 is 1.61. The summed E-state index contributed by atoms with van der Waals surface area (Å²) < 4.78 is 13.5. The fraction of sp³-hybridized carbons (Fsp3) is 0.444. The highest BCUT2D eigenvalue weighted by Gasteiger charge is 2.21. The third-order valence-electron chi connectivity index (χ3n) is 3.89. The van der Waals surface area contributed by atoms with E-state index in [9.17, 15) is 4.39 Å². The molecule has 136 valence electrons. The predicted molar refractivity (Wildman–Crippen MR) is 104 cm³/mol. The fourth-order valence-corrected chi connectivity index (χ4v) is 3.05. The zero-order chi connectivity index (χ0) is 18.4. The van der Waals surface area contributed by atoms with Gasteiger partial charge in [-0.1, -0.05) is 26.0 Å². The van der Waals surface area contributed by atoms with Crippen LogP contribution < -0.4 is 15.5 Å². The quantitative estimate of drug-likeness (QED) is 0.612. The monoisotopic (exact) mass is 363 g/mol. The average molecular weight is 364 g/mol. The molecule has 0 aliphatic rings. The van der Waals surface area contributed by atoms with E-state index in [4.69, 9.17) is 0 Å². The zero-order valence-electron chi connectivity index (χ0n) is 15.4. The van der Waals surface area contributed by atoms with Crippen LogP contribution in [-0.4, -0.2) is 38.6 Å². The third kappa shape index (κ3) is 5.42. The largest absolute Gasteiger partial charge is 0.356 e. The molecule has 0 aliphatic carbocycles. The van der Waals surface area contributed by atoms with Crippen LogP contribution in [0.1, 0.15) is 25.1 Å². The maximum Gasteiger partial charge on any atom is 0.191 e. The Morgan fingerprint density at radius 3 is 2.68 bits per heavy atom. The molecule has 25 heavy (non-hydrogen) atoms. The van der Waals surface area contributed by atoms with Crippen molar-refractivity contribution >= 4 is 22.4 Å². The molecule has 0 amide bonds. The highest BCUT2D eigenvalue weighted by molar-refractivity contribution is 7.13. The number of hydrogen-bond acceptors (Lipinski definition) is 4.